The van der Waals surface area contributed by atoms with Crippen molar-refractivity contribution in [2.75, 3.05) is 19.8 Å². The van der Waals surface area contributed by atoms with Gasteiger partial charge in [0.05, 0.1) is 6.61 Å². The second-order valence-electron chi connectivity index (χ2n) is 4.46. The first-order valence-electron chi connectivity index (χ1n) is 6.03. The van der Waals surface area contributed by atoms with E-state index in [0.29, 0.717) is 12.5 Å². The highest BCUT2D eigenvalue weighted by molar-refractivity contribution is 5.74. The van der Waals surface area contributed by atoms with Crippen molar-refractivity contribution in [3.05, 3.63) is 0 Å². The molecule has 0 aromatic carbocycles. The summed E-state index contributed by atoms with van der Waals surface area (Å²) in [5.41, 5.74) is 0. The van der Waals surface area contributed by atoms with Crippen LogP contribution in [0.4, 0.5) is 4.79 Å². The fourth-order valence-electron chi connectivity index (χ4n) is 1.77. The van der Waals surface area contributed by atoms with Gasteiger partial charge in [-0.15, -0.1) is 0 Å². The van der Waals surface area contributed by atoms with Crippen molar-refractivity contribution in [3.8, 4) is 0 Å². The summed E-state index contributed by atoms with van der Waals surface area (Å²) in [4.78, 5) is 21.8. The molecule has 1 heterocycles. The van der Waals surface area contributed by atoms with E-state index in [0.717, 1.165) is 13.0 Å². The second-order valence-corrected chi connectivity index (χ2v) is 4.46. The third-order valence-corrected chi connectivity index (χ3v) is 3.02. The average Bonchev–Trinajstić information content (AvgIpc) is 2.81. The number of urea groups is 1. The van der Waals surface area contributed by atoms with Crippen molar-refractivity contribution in [1.82, 2.24) is 10.6 Å². The number of aliphatic carboxylic acids is 1. The van der Waals surface area contributed by atoms with Crippen molar-refractivity contribution in [3.63, 3.8) is 0 Å². The molecule has 1 saturated heterocycles. The SMILES string of the molecule is CC(NC(=O)NCC[C@H](O)C(=O)O)C1CCOC1. The van der Waals surface area contributed by atoms with Gasteiger partial charge in [0.25, 0.3) is 0 Å². The average molecular weight is 260 g/mol. The maximum Gasteiger partial charge on any atom is 0.332 e. The van der Waals surface area contributed by atoms with Crippen LogP contribution in [0, 0.1) is 5.92 Å². The fourth-order valence-corrected chi connectivity index (χ4v) is 1.77. The molecule has 0 bridgehead atoms. The molecule has 0 radical (unpaired) electrons. The highest BCUT2D eigenvalue weighted by Gasteiger charge is 2.23. The van der Waals surface area contributed by atoms with Gasteiger partial charge in [0.1, 0.15) is 0 Å². The molecule has 1 fully saturated rings. The molecule has 1 aliphatic rings. The summed E-state index contributed by atoms with van der Waals surface area (Å²) < 4.78 is 5.23. The van der Waals surface area contributed by atoms with E-state index >= 15 is 0 Å². The second kappa shape index (κ2) is 7.17. The number of aliphatic hydroxyl groups excluding tert-OH is 1. The van der Waals surface area contributed by atoms with E-state index in [-0.39, 0.29) is 25.0 Å². The molecule has 1 rings (SSSR count). The van der Waals surface area contributed by atoms with Crippen LogP contribution in [0.3, 0.4) is 0 Å². The largest absolute Gasteiger partial charge is 0.479 e. The third-order valence-electron chi connectivity index (χ3n) is 3.02. The highest BCUT2D eigenvalue weighted by Crippen LogP contribution is 2.15. The topological polar surface area (TPSA) is 108 Å². The first-order valence-corrected chi connectivity index (χ1v) is 6.03. The Hall–Kier alpha value is -1.34. The predicted molar refractivity (Wildman–Crippen MR) is 63.2 cm³/mol. The summed E-state index contributed by atoms with van der Waals surface area (Å²) in [6.45, 7) is 3.40. The number of hydrogen-bond acceptors (Lipinski definition) is 4. The number of rotatable bonds is 6. The summed E-state index contributed by atoms with van der Waals surface area (Å²) in [5, 5.41) is 22.7. The van der Waals surface area contributed by atoms with Gasteiger partial charge in [0, 0.05) is 31.5 Å². The smallest absolute Gasteiger partial charge is 0.332 e. The van der Waals surface area contributed by atoms with Crippen LogP contribution in [-0.4, -0.2) is 54.1 Å². The molecule has 0 saturated carbocycles. The number of carbonyl (C=O) groups excluding carboxylic acids is 1. The lowest BCUT2D eigenvalue weighted by Crippen LogP contribution is -2.45. The zero-order valence-corrected chi connectivity index (χ0v) is 10.4. The Morgan fingerprint density at radius 3 is 2.78 bits per heavy atom. The van der Waals surface area contributed by atoms with E-state index in [4.69, 9.17) is 14.9 Å². The minimum atomic E-state index is -1.44. The lowest BCUT2D eigenvalue weighted by atomic mass is 10.0. The zero-order chi connectivity index (χ0) is 13.5. The van der Waals surface area contributed by atoms with E-state index in [1.807, 2.05) is 6.92 Å². The number of carboxylic acid groups (broad SMARTS) is 1. The van der Waals surface area contributed by atoms with Gasteiger partial charge in [-0.2, -0.15) is 0 Å². The molecule has 0 aliphatic carbocycles. The van der Waals surface area contributed by atoms with Gasteiger partial charge >= 0.3 is 12.0 Å². The molecule has 0 aromatic heterocycles. The number of aliphatic hydroxyl groups is 1. The van der Waals surface area contributed by atoms with E-state index in [9.17, 15) is 9.59 Å². The molecule has 0 aromatic rings. The van der Waals surface area contributed by atoms with Crippen LogP contribution in [0.25, 0.3) is 0 Å². The lowest BCUT2D eigenvalue weighted by Gasteiger charge is -2.19. The van der Waals surface area contributed by atoms with Gasteiger partial charge in [0.2, 0.25) is 0 Å². The van der Waals surface area contributed by atoms with Gasteiger partial charge in [-0.25, -0.2) is 9.59 Å². The molecule has 1 aliphatic heterocycles. The molecule has 7 nitrogen and oxygen atoms in total. The number of nitrogens with one attached hydrogen (secondary N) is 2. The van der Waals surface area contributed by atoms with Gasteiger partial charge in [-0.05, 0) is 13.3 Å². The Morgan fingerprint density at radius 2 is 2.22 bits per heavy atom. The Morgan fingerprint density at radius 1 is 1.50 bits per heavy atom. The van der Waals surface area contributed by atoms with Crippen LogP contribution in [0.5, 0.6) is 0 Å². The molecule has 3 atom stereocenters. The molecule has 2 unspecified atom stereocenters. The summed E-state index contributed by atoms with van der Waals surface area (Å²) in [6.07, 6.45) is -0.519. The van der Waals surface area contributed by atoms with Gasteiger partial charge in [0.15, 0.2) is 6.10 Å². The minimum absolute atomic E-state index is 0.0102. The number of ether oxygens (including phenoxy) is 1. The first kappa shape index (κ1) is 14.7. The van der Waals surface area contributed by atoms with E-state index < -0.39 is 12.1 Å². The fraction of sp³-hybridized carbons (Fsp3) is 0.818. The summed E-state index contributed by atoms with van der Waals surface area (Å²) in [7, 11) is 0. The molecule has 104 valence electrons. The predicted octanol–water partition coefficient (Wildman–Crippen LogP) is -0.454. The summed E-state index contributed by atoms with van der Waals surface area (Å²) in [5.74, 6) is -0.964. The molecule has 7 heteroatoms. The van der Waals surface area contributed by atoms with Crippen molar-refractivity contribution in [2.45, 2.75) is 31.9 Å². The monoisotopic (exact) mass is 260 g/mol. The van der Waals surface area contributed by atoms with Gasteiger partial charge in [-0.3, -0.25) is 0 Å². The van der Waals surface area contributed by atoms with Crippen LogP contribution in [0.2, 0.25) is 0 Å². The van der Waals surface area contributed by atoms with Crippen molar-refractivity contribution >= 4 is 12.0 Å². The maximum atomic E-state index is 11.5. The Balaban J connectivity index is 2.15. The van der Waals surface area contributed by atoms with Crippen LogP contribution >= 0.6 is 0 Å². The quantitative estimate of drug-likeness (QED) is 0.517. The Labute approximate surface area is 106 Å². The van der Waals surface area contributed by atoms with Crippen LogP contribution in [0.1, 0.15) is 19.8 Å². The molecule has 4 N–H and O–H groups in total. The number of amides is 2. The highest BCUT2D eigenvalue weighted by atomic mass is 16.5. The van der Waals surface area contributed by atoms with E-state index in [1.54, 1.807) is 0 Å². The normalized spacial score (nSPS) is 22.2. The van der Waals surface area contributed by atoms with Crippen molar-refractivity contribution in [2.24, 2.45) is 5.92 Å². The molecule has 18 heavy (non-hydrogen) atoms. The summed E-state index contributed by atoms with van der Waals surface area (Å²) in [6, 6.07) is -0.344. The number of hydrogen-bond donors (Lipinski definition) is 4. The number of carboxylic acids is 1. The van der Waals surface area contributed by atoms with Crippen LogP contribution in [0.15, 0.2) is 0 Å². The van der Waals surface area contributed by atoms with Gasteiger partial charge in [-0.1, -0.05) is 0 Å². The van der Waals surface area contributed by atoms with Crippen LogP contribution in [-0.2, 0) is 9.53 Å². The zero-order valence-electron chi connectivity index (χ0n) is 10.4. The molecular weight excluding hydrogens is 240 g/mol. The lowest BCUT2D eigenvalue weighted by molar-refractivity contribution is -0.146. The minimum Gasteiger partial charge on any atom is -0.479 e. The third kappa shape index (κ3) is 4.89. The summed E-state index contributed by atoms with van der Waals surface area (Å²) >= 11 is 0. The molecule has 2 amide bonds. The van der Waals surface area contributed by atoms with E-state index in [1.165, 1.54) is 0 Å². The standard InChI is InChI=1S/C11H20N2O5/c1-7(8-3-5-18-6-8)13-11(17)12-4-2-9(14)10(15)16/h7-9,14H,2-6H2,1H3,(H,15,16)(H2,12,13,17)/t7?,8?,9-/m0/s1. The Bertz CT molecular complexity index is 291. The Kier molecular flexibility index (Phi) is 5.87. The van der Waals surface area contributed by atoms with Crippen molar-refractivity contribution < 1.29 is 24.5 Å². The van der Waals surface area contributed by atoms with E-state index in [2.05, 4.69) is 10.6 Å². The number of carbonyl (C=O) groups is 2. The maximum absolute atomic E-state index is 11.5. The molecule has 0 spiro atoms. The van der Waals surface area contributed by atoms with Gasteiger partial charge < -0.3 is 25.6 Å². The van der Waals surface area contributed by atoms with Crippen LogP contribution < -0.4 is 10.6 Å². The molecular formula is C11H20N2O5. The van der Waals surface area contributed by atoms with Crippen molar-refractivity contribution in [1.29, 1.82) is 0 Å². The first-order chi connectivity index (χ1) is 8.50.